The average molecular weight is 282 g/mol. The number of aliphatic hydroxyl groups excluding tert-OH is 2. The van der Waals surface area contributed by atoms with Gasteiger partial charge in [0.15, 0.2) is 0 Å². The molecule has 2 N–H and O–H groups in total. The lowest BCUT2D eigenvalue weighted by atomic mass is 10.4. The monoisotopic (exact) mass is 281 g/mol. The third-order valence-corrected chi connectivity index (χ3v) is 4.22. The van der Waals surface area contributed by atoms with Crippen LogP contribution in [0.4, 0.5) is 0 Å². The molecule has 0 aliphatic rings. The standard InChI is InChI=1S/C8H12BrNO3S/c1-14(13,5-12)8-2-6(9)3-10-7(8)4-11/h2-3,11-12,14H,4-5H2,1H3. The Morgan fingerprint density at radius 3 is 2.71 bits per heavy atom. The molecule has 1 heterocycles. The summed E-state index contributed by atoms with van der Waals surface area (Å²) in [5, 5.41) is 18.0. The molecule has 14 heavy (non-hydrogen) atoms. The zero-order chi connectivity index (χ0) is 10.8. The number of aliphatic hydroxyl groups is 2. The first kappa shape index (κ1) is 11.8. The van der Waals surface area contributed by atoms with Crippen molar-refractivity contribution in [2.45, 2.75) is 11.5 Å². The summed E-state index contributed by atoms with van der Waals surface area (Å²) in [6, 6.07) is 1.62. The van der Waals surface area contributed by atoms with E-state index in [0.717, 1.165) is 0 Å². The zero-order valence-corrected chi connectivity index (χ0v) is 10.1. The van der Waals surface area contributed by atoms with Gasteiger partial charge < -0.3 is 10.2 Å². The maximum atomic E-state index is 11.9. The highest BCUT2D eigenvalue weighted by Gasteiger charge is 2.16. The molecule has 1 rings (SSSR count). The van der Waals surface area contributed by atoms with E-state index in [4.69, 9.17) is 10.2 Å². The number of rotatable bonds is 3. The van der Waals surface area contributed by atoms with E-state index in [1.165, 1.54) is 12.5 Å². The number of pyridine rings is 1. The molecule has 80 valence electrons. The molecule has 0 bridgehead atoms. The van der Waals surface area contributed by atoms with Gasteiger partial charge in [-0.1, -0.05) is 9.93 Å². The molecular weight excluding hydrogens is 270 g/mol. The summed E-state index contributed by atoms with van der Waals surface area (Å²) >= 11 is 3.20. The highest BCUT2D eigenvalue weighted by atomic mass is 79.9. The van der Waals surface area contributed by atoms with E-state index in [0.29, 0.717) is 15.1 Å². The Hall–Kier alpha value is -0.300. The summed E-state index contributed by atoms with van der Waals surface area (Å²) in [4.78, 5) is 4.36. The number of aromatic nitrogens is 1. The van der Waals surface area contributed by atoms with Crippen LogP contribution in [-0.2, 0) is 16.5 Å². The molecule has 0 saturated heterocycles. The first-order valence-corrected chi connectivity index (χ1v) is 7.07. The van der Waals surface area contributed by atoms with E-state index in [-0.39, 0.29) is 6.61 Å². The predicted molar refractivity (Wildman–Crippen MR) is 58.7 cm³/mol. The van der Waals surface area contributed by atoms with Gasteiger partial charge >= 0.3 is 0 Å². The van der Waals surface area contributed by atoms with Gasteiger partial charge in [0.05, 0.1) is 18.2 Å². The topological polar surface area (TPSA) is 70.4 Å². The molecular formula is C8H12BrNO3S. The molecule has 1 aromatic rings. The van der Waals surface area contributed by atoms with Gasteiger partial charge in [-0.25, -0.2) is 0 Å². The van der Waals surface area contributed by atoms with Crippen molar-refractivity contribution >= 4 is 25.9 Å². The first-order chi connectivity index (χ1) is 6.51. The smallest absolute Gasteiger partial charge is 0.0997 e. The Labute approximate surface area is 91.5 Å². The van der Waals surface area contributed by atoms with Gasteiger partial charge in [0, 0.05) is 15.6 Å². The van der Waals surface area contributed by atoms with Crippen molar-refractivity contribution in [2.75, 3.05) is 12.2 Å². The van der Waals surface area contributed by atoms with Gasteiger partial charge in [-0.2, -0.15) is 0 Å². The Bertz CT molecular complexity index is 383. The lowest BCUT2D eigenvalue weighted by Gasteiger charge is -2.18. The molecule has 6 heteroatoms. The minimum absolute atomic E-state index is 0.277. The second kappa shape index (κ2) is 4.48. The fourth-order valence-corrected chi connectivity index (χ4v) is 2.81. The molecule has 0 radical (unpaired) electrons. The van der Waals surface area contributed by atoms with Crippen molar-refractivity contribution < 1.29 is 14.4 Å². The quantitative estimate of drug-likeness (QED) is 0.697. The molecule has 0 aliphatic heterocycles. The number of thiol groups is 1. The van der Waals surface area contributed by atoms with Crippen LogP contribution in [-0.4, -0.2) is 31.6 Å². The average Bonchev–Trinajstić information content (AvgIpc) is 2.18. The van der Waals surface area contributed by atoms with Gasteiger partial charge in [0.25, 0.3) is 0 Å². The van der Waals surface area contributed by atoms with Gasteiger partial charge in [-0.05, 0) is 28.3 Å². The van der Waals surface area contributed by atoms with Crippen molar-refractivity contribution in [1.29, 1.82) is 0 Å². The Balaban J connectivity index is 3.31. The fraction of sp³-hybridized carbons (Fsp3) is 0.375. The molecule has 1 aromatic heterocycles. The molecule has 0 aliphatic carbocycles. The zero-order valence-electron chi connectivity index (χ0n) is 7.64. The Morgan fingerprint density at radius 1 is 1.57 bits per heavy atom. The van der Waals surface area contributed by atoms with Crippen molar-refractivity contribution in [2.24, 2.45) is 0 Å². The predicted octanol–water partition coefficient (Wildman–Crippen LogP) is 0.292. The van der Waals surface area contributed by atoms with E-state index >= 15 is 0 Å². The lowest BCUT2D eigenvalue weighted by molar-refractivity contribution is 0.273. The third-order valence-electron chi connectivity index (χ3n) is 1.84. The van der Waals surface area contributed by atoms with Gasteiger partial charge in [-0.15, -0.1) is 0 Å². The Kier molecular flexibility index (Phi) is 3.77. The number of hydrogen-bond donors (Lipinski definition) is 3. The van der Waals surface area contributed by atoms with Crippen molar-refractivity contribution in [3.63, 3.8) is 0 Å². The summed E-state index contributed by atoms with van der Waals surface area (Å²) in [6.45, 7) is -0.277. The van der Waals surface area contributed by atoms with Crippen molar-refractivity contribution in [1.82, 2.24) is 4.98 Å². The lowest BCUT2D eigenvalue weighted by Crippen LogP contribution is -2.17. The van der Waals surface area contributed by atoms with Crippen molar-refractivity contribution in [3.05, 3.63) is 22.4 Å². The minimum Gasteiger partial charge on any atom is -0.390 e. The highest BCUT2D eigenvalue weighted by molar-refractivity contribution is 9.10. The molecule has 0 spiro atoms. The second-order valence-corrected chi connectivity index (χ2v) is 6.90. The largest absolute Gasteiger partial charge is 0.390 e. The summed E-state index contributed by atoms with van der Waals surface area (Å²) in [6.07, 6.45) is 2.99. The minimum atomic E-state index is -2.80. The van der Waals surface area contributed by atoms with Gasteiger partial charge in [0.1, 0.15) is 0 Å². The number of hydrogen-bond acceptors (Lipinski definition) is 4. The third kappa shape index (κ3) is 2.38. The maximum absolute atomic E-state index is 11.9. The van der Waals surface area contributed by atoms with Crippen LogP contribution in [0.3, 0.4) is 0 Å². The summed E-state index contributed by atoms with van der Waals surface area (Å²) in [5.41, 5.74) is 0.355. The van der Waals surface area contributed by atoms with Gasteiger partial charge in [0.2, 0.25) is 0 Å². The van der Waals surface area contributed by atoms with Crippen LogP contribution in [0.1, 0.15) is 5.69 Å². The molecule has 0 saturated carbocycles. The van der Waals surface area contributed by atoms with Crippen LogP contribution in [0.25, 0.3) is 0 Å². The molecule has 4 nitrogen and oxygen atoms in total. The maximum Gasteiger partial charge on any atom is 0.0997 e. The molecule has 0 unspecified atom stereocenters. The van der Waals surface area contributed by atoms with E-state index in [1.807, 2.05) is 0 Å². The van der Waals surface area contributed by atoms with Crippen LogP contribution >= 0.6 is 15.9 Å². The van der Waals surface area contributed by atoms with Crippen LogP contribution in [0, 0.1) is 0 Å². The normalized spacial score (nSPS) is 12.9. The van der Waals surface area contributed by atoms with E-state index in [2.05, 4.69) is 20.9 Å². The van der Waals surface area contributed by atoms with E-state index < -0.39 is 15.9 Å². The molecule has 0 amide bonds. The van der Waals surface area contributed by atoms with Crippen LogP contribution in [0.2, 0.25) is 0 Å². The Morgan fingerprint density at radius 2 is 2.21 bits per heavy atom. The molecule has 0 aromatic carbocycles. The van der Waals surface area contributed by atoms with Crippen molar-refractivity contribution in [3.8, 4) is 0 Å². The molecule has 0 fully saturated rings. The number of nitrogens with zero attached hydrogens (tertiary/aromatic N) is 1. The summed E-state index contributed by atoms with van der Waals surface area (Å²) in [5.74, 6) is -0.419. The summed E-state index contributed by atoms with van der Waals surface area (Å²) < 4.78 is 12.6. The summed E-state index contributed by atoms with van der Waals surface area (Å²) in [7, 11) is -2.80. The van der Waals surface area contributed by atoms with Gasteiger partial charge in [-0.3, -0.25) is 9.19 Å². The SMILES string of the molecule is C[SH](=O)(CO)c1cc(Br)cnc1CO. The first-order valence-electron chi connectivity index (χ1n) is 3.94. The van der Waals surface area contributed by atoms with E-state index in [1.54, 1.807) is 6.07 Å². The number of halogens is 1. The van der Waals surface area contributed by atoms with Crippen LogP contribution < -0.4 is 0 Å². The second-order valence-electron chi connectivity index (χ2n) is 3.02. The fourth-order valence-electron chi connectivity index (χ4n) is 1.06. The van der Waals surface area contributed by atoms with E-state index in [9.17, 15) is 4.21 Å². The van der Waals surface area contributed by atoms with Crippen LogP contribution in [0.5, 0.6) is 0 Å². The van der Waals surface area contributed by atoms with Crippen LogP contribution in [0.15, 0.2) is 21.6 Å². The highest BCUT2D eigenvalue weighted by Crippen LogP contribution is 2.23. The molecule has 0 atom stereocenters.